The third kappa shape index (κ3) is 3.50. The van der Waals surface area contributed by atoms with Crippen molar-refractivity contribution in [3.05, 3.63) is 46.2 Å². The average molecular weight is 334 g/mol. The standard InChI is InChI=1S/C17H20ClN3O2/c1-12-9-14(10-13(2)16(12)18)23-11-21-8-5-15(19-21)17(22)20-6-3-4-7-20/h5,8-10H,3-4,6-7,11H2,1-2H3. The van der Waals surface area contributed by atoms with E-state index in [-0.39, 0.29) is 12.6 Å². The number of ether oxygens (including phenoxy) is 1. The molecule has 1 saturated heterocycles. The number of amides is 1. The van der Waals surface area contributed by atoms with Crippen LogP contribution in [0.15, 0.2) is 24.4 Å². The topological polar surface area (TPSA) is 47.4 Å². The number of hydrogen-bond acceptors (Lipinski definition) is 3. The summed E-state index contributed by atoms with van der Waals surface area (Å²) in [7, 11) is 0. The van der Waals surface area contributed by atoms with E-state index < -0.39 is 0 Å². The maximum absolute atomic E-state index is 12.3. The summed E-state index contributed by atoms with van der Waals surface area (Å²) in [5, 5.41) is 5.07. The summed E-state index contributed by atoms with van der Waals surface area (Å²) < 4.78 is 7.37. The summed E-state index contributed by atoms with van der Waals surface area (Å²) in [6.45, 7) is 5.80. The molecule has 0 bridgehead atoms. The summed E-state index contributed by atoms with van der Waals surface area (Å²) in [5.41, 5.74) is 2.43. The number of rotatable bonds is 4. The number of carbonyl (C=O) groups is 1. The molecule has 1 aromatic carbocycles. The Morgan fingerprint density at radius 3 is 2.57 bits per heavy atom. The predicted octanol–water partition coefficient (Wildman–Crippen LogP) is 3.43. The Labute approximate surface area is 140 Å². The number of hydrogen-bond donors (Lipinski definition) is 0. The number of likely N-dealkylation sites (tertiary alicyclic amines) is 1. The Morgan fingerprint density at radius 1 is 1.26 bits per heavy atom. The minimum atomic E-state index is -0.000526. The van der Waals surface area contributed by atoms with Gasteiger partial charge in [0.15, 0.2) is 12.4 Å². The SMILES string of the molecule is Cc1cc(OCn2ccc(C(=O)N3CCCC3)n2)cc(C)c1Cl. The lowest BCUT2D eigenvalue weighted by atomic mass is 10.1. The Kier molecular flexibility index (Phi) is 4.57. The van der Waals surface area contributed by atoms with Crippen LogP contribution in [-0.4, -0.2) is 33.7 Å². The molecule has 6 heteroatoms. The molecule has 122 valence electrons. The second kappa shape index (κ2) is 6.62. The number of benzene rings is 1. The van der Waals surface area contributed by atoms with E-state index in [2.05, 4.69) is 5.10 Å². The van der Waals surface area contributed by atoms with Crippen LogP contribution in [0.3, 0.4) is 0 Å². The molecule has 0 N–H and O–H groups in total. The first-order valence-corrected chi connectivity index (χ1v) is 8.14. The molecule has 0 saturated carbocycles. The van der Waals surface area contributed by atoms with Crippen LogP contribution in [0.1, 0.15) is 34.5 Å². The maximum atomic E-state index is 12.3. The first kappa shape index (κ1) is 15.9. The zero-order valence-electron chi connectivity index (χ0n) is 13.4. The fourth-order valence-electron chi connectivity index (χ4n) is 2.76. The van der Waals surface area contributed by atoms with Crippen molar-refractivity contribution in [2.24, 2.45) is 0 Å². The normalized spacial score (nSPS) is 14.3. The van der Waals surface area contributed by atoms with Crippen molar-refractivity contribution in [1.82, 2.24) is 14.7 Å². The molecule has 1 aliphatic heterocycles. The van der Waals surface area contributed by atoms with Crippen LogP contribution in [-0.2, 0) is 6.73 Å². The quantitative estimate of drug-likeness (QED) is 0.861. The Morgan fingerprint density at radius 2 is 1.91 bits per heavy atom. The smallest absolute Gasteiger partial charge is 0.274 e. The molecule has 1 amide bonds. The Hall–Kier alpha value is -2.01. The van der Waals surface area contributed by atoms with E-state index in [4.69, 9.17) is 16.3 Å². The highest BCUT2D eigenvalue weighted by Gasteiger charge is 2.21. The highest BCUT2D eigenvalue weighted by molar-refractivity contribution is 6.32. The van der Waals surface area contributed by atoms with Crippen LogP contribution in [0.25, 0.3) is 0 Å². The largest absolute Gasteiger partial charge is 0.471 e. The number of aromatic nitrogens is 2. The second-order valence-corrected chi connectivity index (χ2v) is 6.26. The van der Waals surface area contributed by atoms with E-state index in [1.807, 2.05) is 30.9 Å². The maximum Gasteiger partial charge on any atom is 0.274 e. The number of aryl methyl sites for hydroxylation is 2. The van der Waals surface area contributed by atoms with Gasteiger partial charge in [-0.2, -0.15) is 5.10 Å². The molecule has 2 aromatic rings. The summed E-state index contributed by atoms with van der Waals surface area (Å²) in [5.74, 6) is 0.742. The lowest BCUT2D eigenvalue weighted by molar-refractivity contribution is 0.0785. The van der Waals surface area contributed by atoms with Gasteiger partial charge in [-0.25, -0.2) is 4.68 Å². The lowest BCUT2D eigenvalue weighted by Crippen LogP contribution is -2.28. The first-order valence-electron chi connectivity index (χ1n) is 7.77. The fraction of sp³-hybridized carbons (Fsp3) is 0.412. The monoisotopic (exact) mass is 333 g/mol. The van der Waals surface area contributed by atoms with E-state index in [9.17, 15) is 4.79 Å². The van der Waals surface area contributed by atoms with Gasteiger partial charge in [-0.15, -0.1) is 0 Å². The van der Waals surface area contributed by atoms with E-state index >= 15 is 0 Å². The van der Waals surface area contributed by atoms with Crippen molar-refractivity contribution in [2.75, 3.05) is 13.1 Å². The molecule has 0 atom stereocenters. The molecule has 2 heterocycles. The Bertz CT molecular complexity index is 697. The lowest BCUT2D eigenvalue weighted by Gasteiger charge is -2.13. The van der Waals surface area contributed by atoms with Gasteiger partial charge in [0.25, 0.3) is 5.91 Å². The number of carbonyl (C=O) groups excluding carboxylic acids is 1. The molecule has 0 aliphatic carbocycles. The van der Waals surface area contributed by atoms with Crippen molar-refractivity contribution in [1.29, 1.82) is 0 Å². The predicted molar refractivity (Wildman–Crippen MR) is 88.9 cm³/mol. The molecule has 23 heavy (non-hydrogen) atoms. The van der Waals surface area contributed by atoms with Crippen molar-refractivity contribution in [2.45, 2.75) is 33.4 Å². The second-order valence-electron chi connectivity index (χ2n) is 5.88. The van der Waals surface area contributed by atoms with Crippen LogP contribution < -0.4 is 4.74 Å². The first-order chi connectivity index (χ1) is 11.0. The van der Waals surface area contributed by atoms with E-state index in [0.29, 0.717) is 5.69 Å². The third-order valence-corrected chi connectivity index (χ3v) is 4.62. The highest BCUT2D eigenvalue weighted by atomic mass is 35.5. The minimum Gasteiger partial charge on any atom is -0.471 e. The molecule has 1 fully saturated rings. The Balaban J connectivity index is 1.64. The zero-order chi connectivity index (χ0) is 16.4. The van der Waals surface area contributed by atoms with Gasteiger partial charge in [-0.05, 0) is 56.0 Å². The van der Waals surface area contributed by atoms with Crippen LogP contribution in [0.2, 0.25) is 5.02 Å². The van der Waals surface area contributed by atoms with Gasteiger partial charge in [0.05, 0.1) is 0 Å². The molecular formula is C17H20ClN3O2. The van der Waals surface area contributed by atoms with Gasteiger partial charge in [0, 0.05) is 24.3 Å². The average Bonchev–Trinajstić information content (AvgIpc) is 3.21. The highest BCUT2D eigenvalue weighted by Crippen LogP contribution is 2.26. The number of halogens is 1. The minimum absolute atomic E-state index is 0.000526. The van der Waals surface area contributed by atoms with Crippen molar-refractivity contribution < 1.29 is 9.53 Å². The van der Waals surface area contributed by atoms with E-state index in [1.54, 1.807) is 16.9 Å². The van der Waals surface area contributed by atoms with E-state index in [0.717, 1.165) is 47.8 Å². The van der Waals surface area contributed by atoms with Crippen LogP contribution in [0.4, 0.5) is 0 Å². The van der Waals surface area contributed by atoms with Crippen molar-refractivity contribution in [3.8, 4) is 5.75 Å². The van der Waals surface area contributed by atoms with Gasteiger partial charge in [-0.1, -0.05) is 11.6 Å². The van der Waals surface area contributed by atoms with Gasteiger partial charge in [-0.3, -0.25) is 4.79 Å². The van der Waals surface area contributed by atoms with Crippen LogP contribution in [0, 0.1) is 13.8 Å². The molecule has 0 radical (unpaired) electrons. The van der Waals surface area contributed by atoms with Crippen LogP contribution >= 0.6 is 11.6 Å². The van der Waals surface area contributed by atoms with E-state index in [1.165, 1.54) is 0 Å². The van der Waals surface area contributed by atoms with Crippen molar-refractivity contribution in [3.63, 3.8) is 0 Å². The molecule has 0 spiro atoms. The summed E-state index contributed by atoms with van der Waals surface area (Å²) in [4.78, 5) is 14.1. The molecule has 1 aromatic heterocycles. The number of nitrogens with zero attached hydrogens (tertiary/aromatic N) is 3. The third-order valence-electron chi connectivity index (χ3n) is 4.03. The van der Waals surface area contributed by atoms with Crippen LogP contribution in [0.5, 0.6) is 5.75 Å². The van der Waals surface area contributed by atoms with Crippen molar-refractivity contribution >= 4 is 17.5 Å². The fourth-order valence-corrected chi connectivity index (χ4v) is 2.87. The summed E-state index contributed by atoms with van der Waals surface area (Å²) >= 11 is 6.15. The molecule has 5 nitrogen and oxygen atoms in total. The molecule has 1 aliphatic rings. The summed E-state index contributed by atoms with van der Waals surface area (Å²) in [6, 6.07) is 5.53. The van der Waals surface area contributed by atoms with Gasteiger partial charge < -0.3 is 9.64 Å². The van der Waals surface area contributed by atoms with Gasteiger partial charge >= 0.3 is 0 Å². The molecular weight excluding hydrogens is 314 g/mol. The zero-order valence-corrected chi connectivity index (χ0v) is 14.1. The molecule has 3 rings (SSSR count). The molecule has 0 unspecified atom stereocenters. The summed E-state index contributed by atoms with van der Waals surface area (Å²) in [6.07, 6.45) is 3.91. The van der Waals surface area contributed by atoms with Gasteiger partial charge in [0.1, 0.15) is 5.75 Å². The van der Waals surface area contributed by atoms with Gasteiger partial charge in [0.2, 0.25) is 0 Å².